The van der Waals surface area contributed by atoms with E-state index in [1.165, 1.54) is 6.07 Å². The van der Waals surface area contributed by atoms with Crippen molar-refractivity contribution in [3.63, 3.8) is 0 Å². The number of benzene rings is 2. The number of rotatable bonds is 7. The maximum atomic E-state index is 13.5. The van der Waals surface area contributed by atoms with Gasteiger partial charge in [0.1, 0.15) is 12.4 Å². The number of primary amides is 1. The first-order chi connectivity index (χ1) is 11.0. The molecule has 2 rings (SSSR count). The molecule has 1 atom stereocenters. The van der Waals surface area contributed by atoms with E-state index in [1.807, 2.05) is 24.3 Å². The number of carbonyl (C=O) groups is 1. The first-order valence-electron chi connectivity index (χ1n) is 7.14. The normalized spacial score (nSPS) is 12.0. The Hall–Kier alpha value is -2.47. The molecule has 1 amide bonds. The summed E-state index contributed by atoms with van der Waals surface area (Å²) in [5, 5.41) is 0. The third-order valence-electron chi connectivity index (χ3n) is 3.48. The zero-order valence-corrected chi connectivity index (χ0v) is 12.5. The van der Waals surface area contributed by atoms with Gasteiger partial charge < -0.3 is 16.2 Å². The van der Waals surface area contributed by atoms with Crippen molar-refractivity contribution in [1.29, 1.82) is 0 Å². The predicted molar refractivity (Wildman–Crippen MR) is 82.6 cm³/mol. The van der Waals surface area contributed by atoms with Crippen molar-refractivity contribution >= 4 is 5.91 Å². The van der Waals surface area contributed by atoms with Gasteiger partial charge in [0.25, 0.3) is 0 Å². The minimum absolute atomic E-state index is 0.00704. The Morgan fingerprint density at radius 3 is 2.30 bits per heavy atom. The Labute approximate surface area is 133 Å². The molecule has 2 aromatic rings. The highest BCUT2D eigenvalue weighted by molar-refractivity contribution is 5.77. The van der Waals surface area contributed by atoms with Crippen molar-refractivity contribution < 1.29 is 18.3 Å². The average molecular weight is 320 g/mol. The van der Waals surface area contributed by atoms with E-state index >= 15 is 0 Å². The fourth-order valence-electron chi connectivity index (χ4n) is 2.11. The molecule has 0 fully saturated rings. The molecule has 0 heterocycles. The maximum Gasteiger partial charge on any atom is 0.222 e. The molecule has 4 N–H and O–H groups in total. The second-order valence-corrected chi connectivity index (χ2v) is 5.22. The number of hydrogen-bond donors (Lipinski definition) is 2. The largest absolute Gasteiger partial charge is 0.486 e. The van der Waals surface area contributed by atoms with E-state index in [4.69, 9.17) is 16.2 Å². The van der Waals surface area contributed by atoms with Crippen LogP contribution in [0, 0.1) is 17.6 Å². The number of hydrogen-bond acceptors (Lipinski definition) is 3. The molecule has 4 nitrogen and oxygen atoms in total. The summed E-state index contributed by atoms with van der Waals surface area (Å²) in [6.45, 7) is 0.350. The van der Waals surface area contributed by atoms with Crippen molar-refractivity contribution in [2.24, 2.45) is 17.4 Å². The lowest BCUT2D eigenvalue weighted by Crippen LogP contribution is -2.31. The van der Waals surface area contributed by atoms with Crippen LogP contribution in [0.15, 0.2) is 42.5 Å². The Morgan fingerprint density at radius 2 is 1.74 bits per heavy atom. The zero-order chi connectivity index (χ0) is 16.8. The van der Waals surface area contributed by atoms with Gasteiger partial charge in [0.15, 0.2) is 11.6 Å². The molecule has 0 aliphatic heterocycles. The van der Waals surface area contributed by atoms with Crippen LogP contribution in [-0.2, 0) is 17.8 Å². The van der Waals surface area contributed by atoms with Crippen LogP contribution in [0.4, 0.5) is 8.78 Å². The third kappa shape index (κ3) is 4.75. The van der Waals surface area contributed by atoms with E-state index in [2.05, 4.69) is 0 Å². The molecule has 0 aliphatic rings. The van der Waals surface area contributed by atoms with Gasteiger partial charge in [-0.15, -0.1) is 0 Å². The smallest absolute Gasteiger partial charge is 0.222 e. The topological polar surface area (TPSA) is 78.3 Å². The first-order valence-corrected chi connectivity index (χ1v) is 7.14. The Kier molecular flexibility index (Phi) is 5.65. The number of ether oxygens (including phenoxy) is 1. The average Bonchev–Trinajstić information content (AvgIpc) is 2.52. The van der Waals surface area contributed by atoms with Crippen LogP contribution in [-0.4, -0.2) is 12.5 Å². The molecule has 0 aromatic heterocycles. The fourth-order valence-corrected chi connectivity index (χ4v) is 2.11. The molecular weight excluding hydrogens is 302 g/mol. The summed E-state index contributed by atoms with van der Waals surface area (Å²) in [7, 11) is 0. The predicted octanol–water partition coefficient (Wildman–Crippen LogP) is 2.15. The summed E-state index contributed by atoms with van der Waals surface area (Å²) in [6.07, 6.45) is 0.472. The van der Waals surface area contributed by atoms with Crippen LogP contribution >= 0.6 is 0 Å². The molecule has 0 bridgehead atoms. The number of amides is 1. The summed E-state index contributed by atoms with van der Waals surface area (Å²) in [5.41, 5.74) is 12.5. The Morgan fingerprint density at radius 1 is 1.09 bits per heavy atom. The molecule has 0 unspecified atom stereocenters. The van der Waals surface area contributed by atoms with Crippen LogP contribution in [0.5, 0.6) is 5.75 Å². The molecule has 23 heavy (non-hydrogen) atoms. The molecular formula is C17H18F2N2O2. The number of halogens is 2. The zero-order valence-electron chi connectivity index (χ0n) is 12.5. The van der Waals surface area contributed by atoms with E-state index in [0.29, 0.717) is 6.42 Å². The number of nitrogens with two attached hydrogens (primary N) is 2. The molecule has 0 radical (unpaired) electrons. The highest BCUT2D eigenvalue weighted by Crippen LogP contribution is 2.19. The van der Waals surface area contributed by atoms with Gasteiger partial charge in [0, 0.05) is 12.6 Å². The van der Waals surface area contributed by atoms with Crippen LogP contribution in [0.1, 0.15) is 11.1 Å². The fraction of sp³-hybridized carbons (Fsp3) is 0.235. The van der Waals surface area contributed by atoms with Gasteiger partial charge in [0.05, 0.1) is 5.92 Å². The summed E-state index contributed by atoms with van der Waals surface area (Å²) in [5.74, 6) is -2.22. The van der Waals surface area contributed by atoms with E-state index < -0.39 is 23.5 Å². The maximum absolute atomic E-state index is 13.5. The van der Waals surface area contributed by atoms with Gasteiger partial charge >= 0.3 is 0 Å². The van der Waals surface area contributed by atoms with Crippen molar-refractivity contribution in [3.05, 3.63) is 65.2 Å². The monoisotopic (exact) mass is 320 g/mol. The first kappa shape index (κ1) is 16.9. The molecule has 2 aromatic carbocycles. The minimum atomic E-state index is -0.742. The van der Waals surface area contributed by atoms with E-state index in [0.717, 1.165) is 23.3 Å². The van der Waals surface area contributed by atoms with Gasteiger partial charge in [-0.3, -0.25) is 4.79 Å². The third-order valence-corrected chi connectivity index (χ3v) is 3.48. The second kappa shape index (κ2) is 7.69. The summed E-state index contributed by atoms with van der Waals surface area (Å²) in [6, 6.07) is 10.5. The highest BCUT2D eigenvalue weighted by Gasteiger charge is 2.13. The SMILES string of the molecule is NC[C@H](Cc1ccc(COc2ccc(F)cc2F)cc1)C(N)=O. The highest BCUT2D eigenvalue weighted by atomic mass is 19.1. The van der Waals surface area contributed by atoms with E-state index in [-0.39, 0.29) is 18.9 Å². The lowest BCUT2D eigenvalue weighted by molar-refractivity contribution is -0.121. The Balaban J connectivity index is 1.96. The molecule has 0 aliphatic carbocycles. The van der Waals surface area contributed by atoms with Gasteiger partial charge in [0.2, 0.25) is 5.91 Å². The number of carbonyl (C=O) groups excluding carboxylic acids is 1. The van der Waals surface area contributed by atoms with Crippen molar-refractivity contribution in [2.75, 3.05) is 6.54 Å². The second-order valence-electron chi connectivity index (χ2n) is 5.22. The van der Waals surface area contributed by atoms with Gasteiger partial charge in [-0.25, -0.2) is 8.78 Å². The molecule has 0 saturated carbocycles. The van der Waals surface area contributed by atoms with Gasteiger partial charge in [-0.05, 0) is 29.7 Å². The van der Waals surface area contributed by atoms with Crippen molar-refractivity contribution in [1.82, 2.24) is 0 Å². The Bertz CT molecular complexity index is 675. The summed E-state index contributed by atoms with van der Waals surface area (Å²) < 4.78 is 31.6. The van der Waals surface area contributed by atoms with E-state index in [9.17, 15) is 13.6 Å². The minimum Gasteiger partial charge on any atom is -0.486 e. The van der Waals surface area contributed by atoms with Gasteiger partial charge in [-0.2, -0.15) is 0 Å². The quantitative estimate of drug-likeness (QED) is 0.820. The van der Waals surface area contributed by atoms with E-state index in [1.54, 1.807) is 0 Å². The summed E-state index contributed by atoms with van der Waals surface area (Å²) >= 11 is 0. The van der Waals surface area contributed by atoms with Crippen LogP contribution in [0.25, 0.3) is 0 Å². The van der Waals surface area contributed by atoms with Crippen molar-refractivity contribution in [3.8, 4) is 5.75 Å². The molecule has 0 spiro atoms. The molecule has 6 heteroatoms. The van der Waals surface area contributed by atoms with Gasteiger partial charge in [-0.1, -0.05) is 24.3 Å². The summed E-state index contributed by atoms with van der Waals surface area (Å²) in [4.78, 5) is 11.2. The van der Waals surface area contributed by atoms with Crippen LogP contribution < -0.4 is 16.2 Å². The molecule has 0 saturated heterocycles. The lowest BCUT2D eigenvalue weighted by Gasteiger charge is -2.11. The van der Waals surface area contributed by atoms with Crippen LogP contribution in [0.2, 0.25) is 0 Å². The van der Waals surface area contributed by atoms with Crippen LogP contribution in [0.3, 0.4) is 0 Å². The molecule has 122 valence electrons. The standard InChI is InChI=1S/C17H18F2N2O2/c18-14-5-6-16(15(19)8-14)23-10-12-3-1-11(2-4-12)7-13(9-20)17(21)22/h1-6,8,13H,7,9-10,20H2,(H2,21,22)/t13-/m0/s1. The lowest BCUT2D eigenvalue weighted by atomic mass is 9.98. The van der Waals surface area contributed by atoms with Crippen molar-refractivity contribution in [2.45, 2.75) is 13.0 Å².